The van der Waals surface area contributed by atoms with Gasteiger partial charge >= 0.3 is 5.97 Å². The maximum Gasteiger partial charge on any atom is 0.332 e. The lowest BCUT2D eigenvalue weighted by Crippen LogP contribution is -2.18. The van der Waals surface area contributed by atoms with E-state index in [2.05, 4.69) is 16.0 Å². The number of carbonyl (C=O) groups is 1. The van der Waals surface area contributed by atoms with Crippen molar-refractivity contribution in [3.05, 3.63) is 83.8 Å². The summed E-state index contributed by atoms with van der Waals surface area (Å²) in [5.41, 5.74) is 4.00. The van der Waals surface area contributed by atoms with Crippen LogP contribution in [0.2, 0.25) is 5.02 Å². The van der Waals surface area contributed by atoms with Crippen LogP contribution < -0.4 is 4.90 Å². The Hall–Kier alpha value is -3.22. The molecule has 176 valence electrons. The van der Waals surface area contributed by atoms with Gasteiger partial charge in [0.05, 0.1) is 31.3 Å². The molecule has 4 rings (SSSR count). The van der Waals surface area contributed by atoms with E-state index in [9.17, 15) is 4.79 Å². The van der Waals surface area contributed by atoms with Crippen LogP contribution in [0.4, 0.5) is 17.2 Å². The number of hydrogen-bond donors (Lipinski definition) is 0. The molecule has 1 heterocycles. The average molecular weight is 478 g/mol. The smallest absolute Gasteiger partial charge is 0.332 e. The largest absolute Gasteiger partial charge is 0.464 e. The van der Waals surface area contributed by atoms with E-state index in [1.165, 1.54) is 5.57 Å². The van der Waals surface area contributed by atoms with Gasteiger partial charge in [0.15, 0.2) is 5.82 Å². The van der Waals surface area contributed by atoms with E-state index in [4.69, 9.17) is 26.1 Å². The first-order chi connectivity index (χ1) is 16.6. The third-order valence-electron chi connectivity index (χ3n) is 5.68. The minimum Gasteiger partial charge on any atom is -0.464 e. The number of rotatable bonds is 9. The summed E-state index contributed by atoms with van der Waals surface area (Å²) in [7, 11) is 0. The van der Waals surface area contributed by atoms with Crippen LogP contribution in [-0.4, -0.2) is 35.8 Å². The predicted molar refractivity (Wildman–Crippen MR) is 134 cm³/mol. The Labute approximate surface area is 205 Å². The normalized spacial score (nSPS) is 15.5. The highest BCUT2D eigenvalue weighted by molar-refractivity contribution is 6.30. The summed E-state index contributed by atoms with van der Waals surface area (Å²) >= 11 is 6.12. The lowest BCUT2D eigenvalue weighted by atomic mass is 9.89. The molecule has 1 unspecified atom stereocenters. The van der Waals surface area contributed by atoms with E-state index < -0.39 is 0 Å². The summed E-state index contributed by atoms with van der Waals surface area (Å²) in [5, 5.41) is 0.685. The van der Waals surface area contributed by atoms with Gasteiger partial charge in [-0.15, -0.1) is 0 Å². The van der Waals surface area contributed by atoms with Crippen molar-refractivity contribution in [2.75, 3.05) is 24.7 Å². The lowest BCUT2D eigenvalue weighted by molar-refractivity contribution is -0.148. The van der Waals surface area contributed by atoms with Gasteiger partial charge in [-0.3, -0.25) is 9.88 Å². The van der Waals surface area contributed by atoms with E-state index in [-0.39, 0.29) is 12.6 Å². The Kier molecular flexibility index (Phi) is 8.28. The zero-order valence-corrected chi connectivity index (χ0v) is 19.9. The second-order valence-electron chi connectivity index (χ2n) is 8.10. The van der Waals surface area contributed by atoms with Crippen molar-refractivity contribution in [3.63, 3.8) is 0 Å². The molecule has 6 nitrogen and oxygen atoms in total. The molecule has 2 aromatic carbocycles. The number of allylic oxidation sites excluding steroid dienone is 2. The zero-order chi connectivity index (χ0) is 23.8. The molecule has 0 N–H and O–H groups in total. The summed E-state index contributed by atoms with van der Waals surface area (Å²) in [5.74, 6) is 0.807. The van der Waals surface area contributed by atoms with Gasteiger partial charge in [0.25, 0.3) is 0 Å². The molecule has 0 saturated heterocycles. The lowest BCUT2D eigenvalue weighted by Gasteiger charge is -2.25. The van der Waals surface area contributed by atoms with Crippen molar-refractivity contribution in [2.24, 2.45) is 5.92 Å². The van der Waals surface area contributed by atoms with E-state index in [0.717, 1.165) is 42.1 Å². The van der Waals surface area contributed by atoms with Gasteiger partial charge in [0.1, 0.15) is 6.61 Å². The van der Waals surface area contributed by atoms with Crippen LogP contribution in [0.1, 0.15) is 31.9 Å². The van der Waals surface area contributed by atoms with Gasteiger partial charge in [0.2, 0.25) is 0 Å². The van der Waals surface area contributed by atoms with Crippen LogP contribution in [0.25, 0.3) is 5.57 Å². The van der Waals surface area contributed by atoms with Crippen molar-refractivity contribution in [1.82, 2.24) is 9.97 Å². The van der Waals surface area contributed by atoms with Gasteiger partial charge < -0.3 is 9.47 Å². The van der Waals surface area contributed by atoms with E-state index in [1.807, 2.05) is 60.8 Å². The third-order valence-corrected chi connectivity index (χ3v) is 5.93. The Morgan fingerprint density at radius 2 is 1.85 bits per heavy atom. The zero-order valence-electron chi connectivity index (χ0n) is 19.2. The van der Waals surface area contributed by atoms with Crippen molar-refractivity contribution in [3.8, 4) is 0 Å². The molecule has 0 spiro atoms. The fourth-order valence-electron chi connectivity index (χ4n) is 3.98. The first-order valence-corrected chi connectivity index (χ1v) is 11.9. The van der Waals surface area contributed by atoms with Gasteiger partial charge in [-0.25, -0.2) is 9.78 Å². The van der Waals surface area contributed by atoms with Gasteiger partial charge in [-0.05, 0) is 74.1 Å². The van der Waals surface area contributed by atoms with E-state index in [1.54, 1.807) is 13.1 Å². The number of esters is 1. The topological polar surface area (TPSA) is 64.6 Å². The highest BCUT2D eigenvalue weighted by Crippen LogP contribution is 2.35. The standard InChI is InChI=1S/C27H28ClN3O3/c1-2-34-27(32)19-33-18-20-8-10-21(11-9-20)25-16-29-17-26(30-25)31(23-6-4-3-5-7-23)24-14-12-22(28)13-15-24/h3-7,10,12-17,20H,2,8-9,11,18-19H2,1H3. The number of nitrogens with zero attached hydrogens (tertiary/aromatic N) is 3. The number of aromatic nitrogens is 2. The number of anilines is 3. The van der Waals surface area contributed by atoms with Crippen LogP contribution in [0.5, 0.6) is 0 Å². The van der Waals surface area contributed by atoms with Crippen LogP contribution in [-0.2, 0) is 14.3 Å². The number of carbonyl (C=O) groups excluding carboxylic acids is 1. The predicted octanol–water partition coefficient (Wildman–Crippen LogP) is 6.36. The molecule has 1 aromatic heterocycles. The first-order valence-electron chi connectivity index (χ1n) is 11.5. The monoisotopic (exact) mass is 477 g/mol. The molecule has 0 amide bonds. The summed E-state index contributed by atoms with van der Waals surface area (Å²) in [6.45, 7) is 2.72. The van der Waals surface area contributed by atoms with Gasteiger partial charge in [-0.2, -0.15) is 0 Å². The molecular weight excluding hydrogens is 450 g/mol. The second-order valence-corrected chi connectivity index (χ2v) is 8.54. The SMILES string of the molecule is CCOC(=O)COCC1CC=C(c2cncc(N(c3ccccc3)c3ccc(Cl)cc3)n2)CC1. The Morgan fingerprint density at radius 1 is 1.09 bits per heavy atom. The molecule has 1 aliphatic rings. The number of ether oxygens (including phenoxy) is 2. The first kappa shape index (κ1) is 23.9. The van der Waals surface area contributed by atoms with Crippen LogP contribution >= 0.6 is 11.6 Å². The third kappa shape index (κ3) is 6.22. The molecule has 0 saturated carbocycles. The fourth-order valence-corrected chi connectivity index (χ4v) is 4.11. The van der Waals surface area contributed by atoms with E-state index in [0.29, 0.717) is 24.2 Å². The molecule has 1 atom stereocenters. The summed E-state index contributed by atoms with van der Waals surface area (Å²) in [6, 6.07) is 17.8. The fraction of sp³-hybridized carbons (Fsp3) is 0.296. The number of halogens is 1. The molecule has 34 heavy (non-hydrogen) atoms. The number of benzene rings is 2. The van der Waals surface area contributed by atoms with Gasteiger partial charge in [-0.1, -0.05) is 35.9 Å². The Balaban J connectivity index is 1.50. The molecule has 0 radical (unpaired) electrons. The van der Waals surface area contributed by atoms with Crippen LogP contribution in [0, 0.1) is 5.92 Å². The van der Waals surface area contributed by atoms with Crippen LogP contribution in [0.15, 0.2) is 73.1 Å². The van der Waals surface area contributed by atoms with Crippen molar-refractivity contribution >= 4 is 40.3 Å². The minimum absolute atomic E-state index is 0.00838. The molecule has 0 fully saturated rings. The molecule has 1 aliphatic carbocycles. The highest BCUT2D eigenvalue weighted by atomic mass is 35.5. The molecular formula is C27H28ClN3O3. The quantitative estimate of drug-likeness (QED) is 0.334. The Bertz CT molecular complexity index is 1120. The highest BCUT2D eigenvalue weighted by Gasteiger charge is 2.19. The van der Waals surface area contributed by atoms with Crippen molar-refractivity contribution < 1.29 is 14.3 Å². The van der Waals surface area contributed by atoms with E-state index >= 15 is 0 Å². The minimum atomic E-state index is -0.315. The molecule has 0 aliphatic heterocycles. The number of para-hydroxylation sites is 1. The Morgan fingerprint density at radius 3 is 2.56 bits per heavy atom. The maximum atomic E-state index is 11.4. The molecule has 0 bridgehead atoms. The van der Waals surface area contributed by atoms with Crippen molar-refractivity contribution in [2.45, 2.75) is 26.2 Å². The van der Waals surface area contributed by atoms with Crippen molar-refractivity contribution in [1.29, 1.82) is 0 Å². The second kappa shape index (κ2) is 11.8. The summed E-state index contributed by atoms with van der Waals surface area (Å²) in [6.07, 6.45) is 8.55. The summed E-state index contributed by atoms with van der Waals surface area (Å²) < 4.78 is 10.4. The van der Waals surface area contributed by atoms with Gasteiger partial charge in [0, 0.05) is 16.4 Å². The van der Waals surface area contributed by atoms with Crippen LogP contribution in [0.3, 0.4) is 0 Å². The molecule has 3 aromatic rings. The maximum absolute atomic E-state index is 11.4. The number of hydrogen-bond acceptors (Lipinski definition) is 6. The molecule has 7 heteroatoms. The summed E-state index contributed by atoms with van der Waals surface area (Å²) in [4.78, 5) is 23.0. The average Bonchev–Trinajstić information content (AvgIpc) is 2.87.